The molecule has 1 unspecified atom stereocenters. The van der Waals surface area contributed by atoms with Gasteiger partial charge in [-0.2, -0.15) is 4.98 Å². The van der Waals surface area contributed by atoms with Gasteiger partial charge in [0.25, 0.3) is 0 Å². The first-order valence-corrected chi connectivity index (χ1v) is 6.70. The summed E-state index contributed by atoms with van der Waals surface area (Å²) in [4.78, 5) is 12.7. The van der Waals surface area contributed by atoms with E-state index in [1.165, 1.54) is 11.9 Å². The van der Waals surface area contributed by atoms with Crippen LogP contribution in [0.4, 0.5) is 5.95 Å². The minimum atomic E-state index is 0.0233. The van der Waals surface area contributed by atoms with Crippen molar-refractivity contribution in [1.29, 1.82) is 0 Å². The van der Waals surface area contributed by atoms with Crippen molar-refractivity contribution in [2.24, 2.45) is 0 Å². The van der Waals surface area contributed by atoms with Gasteiger partial charge in [-0.1, -0.05) is 29.8 Å². The van der Waals surface area contributed by atoms with Crippen LogP contribution in [0.1, 0.15) is 24.1 Å². The highest BCUT2D eigenvalue weighted by molar-refractivity contribution is 5.79. The molecule has 1 aromatic carbocycles. The van der Waals surface area contributed by atoms with Gasteiger partial charge in [-0.3, -0.25) is 4.57 Å². The monoisotopic (exact) mass is 283 g/mol. The predicted octanol–water partition coefficient (Wildman–Crippen LogP) is 2.33. The molecule has 108 valence electrons. The van der Waals surface area contributed by atoms with Crippen molar-refractivity contribution in [2.75, 3.05) is 12.8 Å². The van der Waals surface area contributed by atoms with Crippen LogP contribution in [0, 0.1) is 6.92 Å². The number of nitrogens with zero attached hydrogens (tertiary/aromatic N) is 4. The maximum atomic E-state index is 6.07. The Morgan fingerprint density at radius 1 is 1.19 bits per heavy atom. The second kappa shape index (κ2) is 5.05. The van der Waals surface area contributed by atoms with E-state index in [4.69, 9.17) is 10.5 Å². The van der Waals surface area contributed by atoms with Crippen LogP contribution in [-0.2, 0) is 0 Å². The van der Waals surface area contributed by atoms with E-state index in [1.54, 1.807) is 7.11 Å². The largest absolute Gasteiger partial charge is 0.479 e. The lowest BCUT2D eigenvalue weighted by molar-refractivity contribution is 0.401. The van der Waals surface area contributed by atoms with Gasteiger partial charge in [-0.15, -0.1) is 0 Å². The number of nitrogen functional groups attached to an aromatic ring is 1. The van der Waals surface area contributed by atoms with E-state index in [9.17, 15) is 0 Å². The van der Waals surface area contributed by atoms with Crippen LogP contribution in [0.3, 0.4) is 0 Å². The van der Waals surface area contributed by atoms with E-state index >= 15 is 0 Å². The fourth-order valence-corrected chi connectivity index (χ4v) is 2.43. The van der Waals surface area contributed by atoms with Crippen molar-refractivity contribution in [1.82, 2.24) is 19.5 Å². The van der Waals surface area contributed by atoms with Crippen LogP contribution >= 0.6 is 0 Å². The van der Waals surface area contributed by atoms with E-state index in [0.29, 0.717) is 23.0 Å². The Morgan fingerprint density at radius 3 is 2.57 bits per heavy atom. The predicted molar refractivity (Wildman–Crippen MR) is 81.3 cm³/mol. The zero-order valence-electron chi connectivity index (χ0n) is 12.2. The highest BCUT2D eigenvalue weighted by Gasteiger charge is 2.19. The number of aryl methyl sites for hydroxylation is 1. The molecular weight excluding hydrogens is 266 g/mol. The molecule has 2 aromatic heterocycles. The van der Waals surface area contributed by atoms with Crippen LogP contribution in [0.2, 0.25) is 0 Å². The van der Waals surface area contributed by atoms with E-state index < -0.39 is 0 Å². The summed E-state index contributed by atoms with van der Waals surface area (Å²) in [6, 6.07) is 8.36. The number of ether oxygens (including phenoxy) is 1. The summed E-state index contributed by atoms with van der Waals surface area (Å²) in [5, 5.41) is 0. The summed E-state index contributed by atoms with van der Waals surface area (Å²) >= 11 is 0. The van der Waals surface area contributed by atoms with Gasteiger partial charge in [0.15, 0.2) is 11.2 Å². The number of benzene rings is 1. The first kappa shape index (κ1) is 13.4. The van der Waals surface area contributed by atoms with Gasteiger partial charge in [0, 0.05) is 0 Å². The normalized spacial score (nSPS) is 12.5. The molecule has 0 aliphatic carbocycles. The Bertz CT molecular complexity index is 779. The first-order valence-electron chi connectivity index (χ1n) is 6.70. The fourth-order valence-electron chi connectivity index (χ4n) is 2.43. The van der Waals surface area contributed by atoms with Crippen LogP contribution in [0.5, 0.6) is 5.88 Å². The molecular formula is C15H17N5O. The number of imidazole rings is 1. The molecule has 2 heterocycles. The molecule has 0 spiro atoms. The van der Waals surface area contributed by atoms with Crippen LogP contribution in [0.15, 0.2) is 30.6 Å². The second-order valence-electron chi connectivity index (χ2n) is 4.98. The summed E-state index contributed by atoms with van der Waals surface area (Å²) in [5.41, 5.74) is 9.69. The molecule has 0 amide bonds. The number of anilines is 1. The highest BCUT2D eigenvalue weighted by atomic mass is 16.5. The number of rotatable bonds is 3. The lowest BCUT2D eigenvalue weighted by Gasteiger charge is -2.16. The van der Waals surface area contributed by atoms with Crippen LogP contribution in [0.25, 0.3) is 11.2 Å². The van der Waals surface area contributed by atoms with Gasteiger partial charge >= 0.3 is 0 Å². The quantitative estimate of drug-likeness (QED) is 0.798. The molecule has 0 saturated carbocycles. The van der Waals surface area contributed by atoms with Crippen molar-refractivity contribution in [3.8, 4) is 5.88 Å². The summed E-state index contributed by atoms with van der Waals surface area (Å²) in [7, 11) is 1.56. The first-order chi connectivity index (χ1) is 10.1. The summed E-state index contributed by atoms with van der Waals surface area (Å²) in [6.45, 7) is 4.13. The van der Waals surface area contributed by atoms with Crippen molar-refractivity contribution in [3.63, 3.8) is 0 Å². The maximum Gasteiger partial charge on any atom is 0.245 e. The molecule has 2 N–H and O–H groups in total. The number of methoxy groups -OCH3 is 1. The molecule has 0 saturated heterocycles. The van der Waals surface area contributed by atoms with Crippen LogP contribution in [-0.4, -0.2) is 26.6 Å². The fraction of sp³-hybridized carbons (Fsp3) is 0.267. The topological polar surface area (TPSA) is 78.8 Å². The Balaban J connectivity index is 2.15. The van der Waals surface area contributed by atoms with E-state index in [0.717, 1.165) is 5.56 Å². The zero-order chi connectivity index (χ0) is 15.0. The van der Waals surface area contributed by atoms with Crippen LogP contribution < -0.4 is 10.5 Å². The lowest BCUT2D eigenvalue weighted by atomic mass is 10.1. The molecule has 3 rings (SSSR count). The molecule has 3 aromatic rings. The minimum Gasteiger partial charge on any atom is -0.479 e. The summed E-state index contributed by atoms with van der Waals surface area (Å²) in [5.74, 6) is 0.832. The number of hydrogen-bond acceptors (Lipinski definition) is 5. The average Bonchev–Trinajstić information content (AvgIpc) is 2.83. The second-order valence-corrected chi connectivity index (χ2v) is 4.98. The van der Waals surface area contributed by atoms with Crippen molar-refractivity contribution in [3.05, 3.63) is 41.7 Å². The Kier molecular flexibility index (Phi) is 3.21. The molecule has 0 aliphatic rings. The summed E-state index contributed by atoms with van der Waals surface area (Å²) in [6.07, 6.45) is 1.46. The molecule has 21 heavy (non-hydrogen) atoms. The number of aromatic nitrogens is 4. The van der Waals surface area contributed by atoms with E-state index in [-0.39, 0.29) is 6.04 Å². The van der Waals surface area contributed by atoms with Gasteiger partial charge in [0.1, 0.15) is 6.33 Å². The SMILES string of the molecule is COc1ncnc2c1nc(N)n2C(C)c1ccc(C)cc1. The van der Waals surface area contributed by atoms with Gasteiger partial charge in [0.05, 0.1) is 13.2 Å². The van der Waals surface area contributed by atoms with Gasteiger partial charge in [-0.05, 0) is 19.4 Å². The van der Waals surface area contributed by atoms with Gasteiger partial charge in [-0.25, -0.2) is 9.97 Å². The third-order valence-electron chi connectivity index (χ3n) is 3.61. The Hall–Kier alpha value is -2.63. The van der Waals surface area contributed by atoms with E-state index in [2.05, 4.69) is 53.1 Å². The van der Waals surface area contributed by atoms with Gasteiger partial charge < -0.3 is 10.5 Å². The summed E-state index contributed by atoms with van der Waals surface area (Å²) < 4.78 is 7.11. The van der Waals surface area contributed by atoms with E-state index in [1.807, 2.05) is 4.57 Å². The Labute approximate surface area is 122 Å². The lowest BCUT2D eigenvalue weighted by Crippen LogP contribution is -2.10. The number of hydrogen-bond donors (Lipinski definition) is 1. The molecule has 6 nitrogen and oxygen atoms in total. The van der Waals surface area contributed by atoms with Gasteiger partial charge in [0.2, 0.25) is 11.8 Å². The molecule has 1 atom stereocenters. The minimum absolute atomic E-state index is 0.0233. The third kappa shape index (κ3) is 2.18. The molecule has 0 bridgehead atoms. The molecule has 0 radical (unpaired) electrons. The molecule has 6 heteroatoms. The van der Waals surface area contributed by atoms with Crippen molar-refractivity contribution < 1.29 is 4.74 Å². The standard InChI is InChI=1S/C15H17N5O/c1-9-4-6-11(7-5-9)10(2)20-13-12(19-15(20)16)14(21-3)18-8-17-13/h4-8,10H,1-3H3,(H2,16,19). The number of fused-ring (bicyclic) bond motifs is 1. The Morgan fingerprint density at radius 2 is 1.90 bits per heavy atom. The smallest absolute Gasteiger partial charge is 0.245 e. The maximum absolute atomic E-state index is 6.07. The average molecular weight is 283 g/mol. The third-order valence-corrected chi connectivity index (χ3v) is 3.61. The molecule has 0 fully saturated rings. The number of nitrogens with two attached hydrogens (primary N) is 1. The highest BCUT2D eigenvalue weighted by Crippen LogP contribution is 2.29. The van der Waals surface area contributed by atoms with Crippen molar-refractivity contribution >= 4 is 17.1 Å². The molecule has 0 aliphatic heterocycles. The van der Waals surface area contributed by atoms with Crippen molar-refractivity contribution in [2.45, 2.75) is 19.9 Å². The zero-order valence-corrected chi connectivity index (χ0v) is 12.2.